The van der Waals surface area contributed by atoms with Gasteiger partial charge in [0, 0.05) is 11.6 Å². The van der Waals surface area contributed by atoms with E-state index in [1.807, 2.05) is 6.07 Å². The van der Waals surface area contributed by atoms with E-state index in [1.165, 1.54) is 6.26 Å². The van der Waals surface area contributed by atoms with E-state index in [2.05, 4.69) is 4.98 Å². The lowest BCUT2D eigenvalue weighted by atomic mass is 10.1. The van der Waals surface area contributed by atoms with Crippen LogP contribution >= 0.6 is 11.3 Å². The third-order valence-electron chi connectivity index (χ3n) is 2.43. The molecule has 3 aromatic heterocycles. The maximum atomic E-state index is 11.2. The third-order valence-corrected chi connectivity index (χ3v) is 3.53. The van der Waals surface area contributed by atoms with Crippen molar-refractivity contribution >= 4 is 27.5 Å². The number of aromatic nitrogens is 1. The van der Waals surface area contributed by atoms with Gasteiger partial charge in [-0.25, -0.2) is 9.78 Å². The predicted molar refractivity (Wildman–Crippen MR) is 64.3 cm³/mol. The number of fused-ring (bicyclic) bond motifs is 1. The highest BCUT2D eigenvalue weighted by atomic mass is 32.1. The van der Waals surface area contributed by atoms with E-state index in [9.17, 15) is 9.90 Å². The van der Waals surface area contributed by atoms with Crippen LogP contribution in [0.2, 0.25) is 0 Å². The van der Waals surface area contributed by atoms with Gasteiger partial charge in [0.05, 0.1) is 11.8 Å². The number of furan rings is 1. The van der Waals surface area contributed by atoms with Crippen molar-refractivity contribution in [1.29, 1.82) is 0 Å². The van der Waals surface area contributed by atoms with Crippen molar-refractivity contribution in [3.63, 3.8) is 0 Å². The Hall–Kier alpha value is -2.14. The lowest BCUT2D eigenvalue weighted by Gasteiger charge is -1.96. The van der Waals surface area contributed by atoms with Crippen molar-refractivity contribution < 1.29 is 14.3 Å². The summed E-state index contributed by atoms with van der Waals surface area (Å²) < 4.78 is 5.29. The number of thiophene rings is 1. The monoisotopic (exact) mass is 245 g/mol. The van der Waals surface area contributed by atoms with Gasteiger partial charge in [0.1, 0.15) is 15.5 Å². The van der Waals surface area contributed by atoms with Crippen LogP contribution in [-0.4, -0.2) is 16.1 Å². The minimum Gasteiger partial charge on any atom is -0.477 e. The largest absolute Gasteiger partial charge is 0.477 e. The minimum atomic E-state index is -0.959. The highest BCUT2D eigenvalue weighted by molar-refractivity contribution is 7.21. The van der Waals surface area contributed by atoms with Crippen LogP contribution in [-0.2, 0) is 0 Å². The summed E-state index contributed by atoms with van der Waals surface area (Å²) in [6.07, 6.45) is 3.18. The second-order valence-corrected chi connectivity index (χ2v) is 4.44. The van der Waals surface area contributed by atoms with Crippen LogP contribution in [0.5, 0.6) is 0 Å². The first-order valence-corrected chi connectivity index (χ1v) is 5.73. The molecule has 3 heterocycles. The molecule has 4 nitrogen and oxygen atoms in total. The number of nitrogens with zero attached hydrogens (tertiary/aromatic N) is 1. The third kappa shape index (κ3) is 1.52. The molecule has 1 N–H and O–H groups in total. The number of pyridine rings is 1. The van der Waals surface area contributed by atoms with Crippen LogP contribution in [0.3, 0.4) is 0 Å². The van der Waals surface area contributed by atoms with Crippen molar-refractivity contribution in [2.75, 3.05) is 0 Å². The standard InChI is InChI=1S/C12H7NO3S/c14-12(15)10-9(8-4-2-6-16-8)7-3-1-5-13-11(7)17-10/h1-6H,(H,14,15). The lowest BCUT2D eigenvalue weighted by Crippen LogP contribution is -1.93. The number of carbonyl (C=O) groups is 1. The molecule has 0 aliphatic rings. The lowest BCUT2D eigenvalue weighted by molar-refractivity contribution is 0.0703. The molecule has 0 fully saturated rings. The molecule has 3 aromatic rings. The molecule has 3 rings (SSSR count). The van der Waals surface area contributed by atoms with Crippen molar-refractivity contribution in [2.24, 2.45) is 0 Å². The van der Waals surface area contributed by atoms with Gasteiger partial charge in [-0.3, -0.25) is 0 Å². The van der Waals surface area contributed by atoms with Gasteiger partial charge >= 0.3 is 5.97 Å². The van der Waals surface area contributed by atoms with Gasteiger partial charge in [0.2, 0.25) is 0 Å². The Morgan fingerprint density at radius 3 is 2.94 bits per heavy atom. The SMILES string of the molecule is O=C(O)c1sc2ncccc2c1-c1ccco1. The van der Waals surface area contributed by atoms with Crippen molar-refractivity contribution in [1.82, 2.24) is 4.98 Å². The topological polar surface area (TPSA) is 63.3 Å². The molecule has 84 valence electrons. The number of rotatable bonds is 2. The van der Waals surface area contributed by atoms with Crippen LogP contribution in [0.25, 0.3) is 21.5 Å². The fourth-order valence-electron chi connectivity index (χ4n) is 1.75. The zero-order chi connectivity index (χ0) is 11.8. The maximum absolute atomic E-state index is 11.2. The molecule has 0 spiro atoms. The molecule has 0 amide bonds. The van der Waals surface area contributed by atoms with Gasteiger partial charge in [-0.1, -0.05) is 0 Å². The van der Waals surface area contributed by atoms with E-state index in [0.29, 0.717) is 16.2 Å². The molecule has 5 heteroatoms. The molecule has 0 saturated carbocycles. The highest BCUT2D eigenvalue weighted by Gasteiger charge is 2.21. The van der Waals surface area contributed by atoms with Crippen molar-refractivity contribution in [2.45, 2.75) is 0 Å². The van der Waals surface area contributed by atoms with Crippen LogP contribution in [0.15, 0.2) is 41.1 Å². The second kappa shape index (κ2) is 3.71. The Morgan fingerprint density at radius 1 is 1.35 bits per heavy atom. The molecule has 0 saturated heterocycles. The second-order valence-electron chi connectivity index (χ2n) is 3.44. The van der Waals surface area contributed by atoms with E-state index >= 15 is 0 Å². The Kier molecular flexibility index (Phi) is 2.19. The molecular formula is C12H7NO3S. The Balaban J connectivity index is 2.40. The first-order valence-electron chi connectivity index (χ1n) is 4.92. The zero-order valence-electron chi connectivity index (χ0n) is 8.58. The first kappa shape index (κ1) is 10.0. The molecule has 0 unspecified atom stereocenters. The summed E-state index contributed by atoms with van der Waals surface area (Å²) in [6, 6.07) is 7.12. The summed E-state index contributed by atoms with van der Waals surface area (Å²) in [6.45, 7) is 0. The summed E-state index contributed by atoms with van der Waals surface area (Å²) in [5.74, 6) is -0.402. The van der Waals surface area contributed by atoms with Crippen LogP contribution in [0.4, 0.5) is 0 Å². The summed E-state index contributed by atoms with van der Waals surface area (Å²) in [7, 11) is 0. The van der Waals surface area contributed by atoms with Crippen LogP contribution in [0, 0.1) is 0 Å². The molecule has 0 bridgehead atoms. The summed E-state index contributed by atoms with van der Waals surface area (Å²) in [5.41, 5.74) is 0.607. The smallest absolute Gasteiger partial charge is 0.346 e. The predicted octanol–water partition coefficient (Wildman–Crippen LogP) is 3.25. The van der Waals surface area contributed by atoms with Gasteiger partial charge in [-0.05, 0) is 24.3 Å². The Labute approximate surface area is 100 Å². The number of aromatic carboxylic acids is 1. The normalized spacial score (nSPS) is 10.8. The van der Waals surface area contributed by atoms with E-state index < -0.39 is 5.97 Å². The van der Waals surface area contributed by atoms with E-state index in [-0.39, 0.29) is 4.88 Å². The number of hydrogen-bond acceptors (Lipinski definition) is 4. The van der Waals surface area contributed by atoms with Crippen molar-refractivity contribution in [3.8, 4) is 11.3 Å². The van der Waals surface area contributed by atoms with Crippen LogP contribution in [0.1, 0.15) is 9.67 Å². The highest BCUT2D eigenvalue weighted by Crippen LogP contribution is 2.37. The molecule has 0 aliphatic heterocycles. The van der Waals surface area contributed by atoms with E-state index in [0.717, 1.165) is 16.7 Å². The molecule has 17 heavy (non-hydrogen) atoms. The van der Waals surface area contributed by atoms with Gasteiger partial charge in [-0.2, -0.15) is 0 Å². The van der Waals surface area contributed by atoms with Crippen molar-refractivity contribution in [3.05, 3.63) is 41.6 Å². The average Bonchev–Trinajstić information content (AvgIpc) is 2.94. The maximum Gasteiger partial charge on any atom is 0.346 e. The molecule has 0 atom stereocenters. The van der Waals surface area contributed by atoms with E-state index in [1.54, 1.807) is 24.4 Å². The molecule has 0 aliphatic carbocycles. The number of carboxylic acid groups (broad SMARTS) is 1. The fraction of sp³-hybridized carbons (Fsp3) is 0. The zero-order valence-corrected chi connectivity index (χ0v) is 9.40. The summed E-state index contributed by atoms with van der Waals surface area (Å²) in [4.78, 5) is 16.4. The Bertz CT molecular complexity index is 685. The fourth-order valence-corrected chi connectivity index (χ4v) is 2.74. The quantitative estimate of drug-likeness (QED) is 0.752. The molecule has 0 radical (unpaired) electrons. The molecular weight excluding hydrogens is 238 g/mol. The average molecular weight is 245 g/mol. The number of hydrogen-bond donors (Lipinski definition) is 1. The van der Waals surface area contributed by atoms with Gasteiger partial charge < -0.3 is 9.52 Å². The Morgan fingerprint density at radius 2 is 2.24 bits per heavy atom. The minimum absolute atomic E-state index is 0.258. The first-order chi connectivity index (χ1) is 8.27. The van der Waals surface area contributed by atoms with Gasteiger partial charge in [0.15, 0.2) is 0 Å². The van der Waals surface area contributed by atoms with Gasteiger partial charge in [-0.15, -0.1) is 11.3 Å². The number of carboxylic acids is 1. The molecule has 0 aromatic carbocycles. The van der Waals surface area contributed by atoms with Crippen LogP contribution < -0.4 is 0 Å². The summed E-state index contributed by atoms with van der Waals surface area (Å²) >= 11 is 1.16. The van der Waals surface area contributed by atoms with Gasteiger partial charge in [0.25, 0.3) is 0 Å². The summed E-state index contributed by atoms with van der Waals surface area (Å²) in [5, 5.41) is 10.0. The van der Waals surface area contributed by atoms with E-state index in [4.69, 9.17) is 4.42 Å².